The Morgan fingerprint density at radius 3 is 2.60 bits per heavy atom. The number of amides is 1. The number of benzene rings is 2. The third-order valence-corrected chi connectivity index (χ3v) is 9.47. The molecule has 1 saturated carbocycles. The van der Waals surface area contributed by atoms with Crippen LogP contribution in [0.1, 0.15) is 54.4 Å². The van der Waals surface area contributed by atoms with E-state index in [-0.39, 0.29) is 24.0 Å². The van der Waals surface area contributed by atoms with Crippen LogP contribution >= 0.6 is 11.6 Å². The van der Waals surface area contributed by atoms with Crippen LogP contribution in [0.25, 0.3) is 5.57 Å². The van der Waals surface area contributed by atoms with Crippen LogP contribution in [-0.2, 0) is 17.8 Å². The minimum absolute atomic E-state index is 0.000832. The second kappa shape index (κ2) is 9.06. The molecule has 1 saturated heterocycles. The second-order valence-electron chi connectivity index (χ2n) is 11.2. The Morgan fingerprint density at radius 1 is 1.14 bits per heavy atom. The standard InChI is InChI=1S/C30H35ClN2O2/c1-20-9-10-24-23(15-20)16-25-27(18-34)33(17-22-5-2-3-8-26(22)31)19-30(28(24)25)11-13-32(14-12-30)29(35)21-6-4-7-21/h2-3,5,8-10,15,21,27,34H,4,6-7,11-14,16-19H2,1H3/t27-/m1/s1. The number of carbonyl (C=O) groups is 1. The number of halogens is 1. The number of aryl methyl sites for hydroxylation is 1. The van der Waals surface area contributed by atoms with E-state index in [9.17, 15) is 9.90 Å². The summed E-state index contributed by atoms with van der Waals surface area (Å²) in [4.78, 5) is 17.6. The van der Waals surface area contributed by atoms with E-state index in [1.807, 2.05) is 18.2 Å². The first-order valence-electron chi connectivity index (χ1n) is 13.2. The SMILES string of the molecule is Cc1ccc2c(c1)CC1=C2C2(CCN(C(=O)C3CCC3)CC2)CN(Cc2ccccc2Cl)[C@@H]1CO. The number of fused-ring (bicyclic) bond motifs is 3. The van der Waals surface area contributed by atoms with Crippen molar-refractivity contribution in [3.8, 4) is 0 Å². The highest BCUT2D eigenvalue weighted by Gasteiger charge is 2.50. The summed E-state index contributed by atoms with van der Waals surface area (Å²) in [5.41, 5.74) is 8.00. The van der Waals surface area contributed by atoms with Crippen molar-refractivity contribution in [2.45, 2.75) is 58.0 Å². The van der Waals surface area contributed by atoms with Crippen LogP contribution in [0.15, 0.2) is 48.0 Å². The van der Waals surface area contributed by atoms with Crippen molar-refractivity contribution in [1.82, 2.24) is 9.80 Å². The first kappa shape index (κ1) is 23.3. The molecule has 2 fully saturated rings. The first-order valence-corrected chi connectivity index (χ1v) is 13.6. The van der Waals surface area contributed by atoms with Crippen LogP contribution in [0.2, 0.25) is 5.02 Å². The van der Waals surface area contributed by atoms with Gasteiger partial charge < -0.3 is 10.0 Å². The summed E-state index contributed by atoms with van der Waals surface area (Å²) in [5.74, 6) is 0.635. The van der Waals surface area contributed by atoms with Gasteiger partial charge in [-0.05, 0) is 72.9 Å². The van der Waals surface area contributed by atoms with Gasteiger partial charge in [-0.15, -0.1) is 0 Å². The molecule has 1 amide bonds. The average Bonchev–Trinajstić information content (AvgIpc) is 3.19. The summed E-state index contributed by atoms with van der Waals surface area (Å²) < 4.78 is 0. The molecule has 4 nitrogen and oxygen atoms in total. The summed E-state index contributed by atoms with van der Waals surface area (Å²) in [7, 11) is 0. The Hall–Kier alpha value is -2.14. The van der Waals surface area contributed by atoms with Crippen molar-refractivity contribution in [3.05, 3.63) is 75.3 Å². The predicted octanol–water partition coefficient (Wildman–Crippen LogP) is 5.24. The number of nitrogens with zero attached hydrogens (tertiary/aromatic N) is 2. The summed E-state index contributed by atoms with van der Waals surface area (Å²) in [6.07, 6.45) is 6.19. The fourth-order valence-electron chi connectivity index (χ4n) is 7.00. The molecule has 2 aliphatic carbocycles. The lowest BCUT2D eigenvalue weighted by Gasteiger charge is -2.52. The number of aliphatic hydroxyl groups excluding tert-OH is 1. The first-order chi connectivity index (χ1) is 17.0. The highest BCUT2D eigenvalue weighted by atomic mass is 35.5. The van der Waals surface area contributed by atoms with E-state index in [4.69, 9.17) is 11.6 Å². The molecule has 5 heteroatoms. The molecular formula is C30H35ClN2O2. The summed E-state index contributed by atoms with van der Waals surface area (Å²) in [6, 6.07) is 14.9. The molecule has 2 heterocycles. The third-order valence-electron chi connectivity index (χ3n) is 9.10. The quantitative estimate of drug-likeness (QED) is 0.637. The van der Waals surface area contributed by atoms with Crippen molar-refractivity contribution in [3.63, 3.8) is 0 Å². The van der Waals surface area contributed by atoms with Crippen molar-refractivity contribution in [1.29, 1.82) is 0 Å². The van der Waals surface area contributed by atoms with Gasteiger partial charge in [0.25, 0.3) is 0 Å². The van der Waals surface area contributed by atoms with Crippen LogP contribution in [-0.4, -0.2) is 53.1 Å². The molecule has 0 aromatic heterocycles. The fraction of sp³-hybridized carbons (Fsp3) is 0.500. The fourth-order valence-corrected chi connectivity index (χ4v) is 7.20. The van der Waals surface area contributed by atoms with Gasteiger partial charge in [0, 0.05) is 42.5 Å². The lowest BCUT2D eigenvalue weighted by molar-refractivity contribution is -0.140. The zero-order valence-electron chi connectivity index (χ0n) is 20.6. The normalized spacial score (nSPS) is 23.9. The van der Waals surface area contributed by atoms with Crippen molar-refractivity contribution < 1.29 is 9.90 Å². The summed E-state index contributed by atoms with van der Waals surface area (Å²) in [6.45, 7) is 5.54. The van der Waals surface area contributed by atoms with E-state index in [1.54, 1.807) is 0 Å². The Morgan fingerprint density at radius 2 is 1.91 bits per heavy atom. The molecule has 1 spiro atoms. The molecular weight excluding hydrogens is 456 g/mol. The molecule has 0 unspecified atom stereocenters. The van der Waals surface area contributed by atoms with Crippen LogP contribution < -0.4 is 0 Å². The number of hydrogen-bond donors (Lipinski definition) is 1. The number of aliphatic hydroxyl groups is 1. The van der Waals surface area contributed by atoms with E-state index in [0.717, 1.165) is 68.9 Å². The van der Waals surface area contributed by atoms with Gasteiger partial charge >= 0.3 is 0 Å². The summed E-state index contributed by atoms with van der Waals surface area (Å²) >= 11 is 6.57. The molecule has 1 N–H and O–H groups in total. The van der Waals surface area contributed by atoms with Crippen LogP contribution in [0.3, 0.4) is 0 Å². The molecule has 0 radical (unpaired) electrons. The molecule has 2 aliphatic heterocycles. The number of rotatable bonds is 4. The van der Waals surface area contributed by atoms with Crippen LogP contribution in [0.4, 0.5) is 0 Å². The van der Waals surface area contributed by atoms with Gasteiger partial charge in [0.2, 0.25) is 5.91 Å². The van der Waals surface area contributed by atoms with Crippen molar-refractivity contribution in [2.24, 2.45) is 11.3 Å². The van der Waals surface area contributed by atoms with E-state index in [2.05, 4.69) is 41.0 Å². The zero-order valence-corrected chi connectivity index (χ0v) is 21.4. The van der Waals surface area contributed by atoms with Crippen molar-refractivity contribution in [2.75, 3.05) is 26.2 Å². The van der Waals surface area contributed by atoms with Gasteiger partial charge in [-0.25, -0.2) is 0 Å². The molecule has 184 valence electrons. The number of likely N-dealkylation sites (tertiary alicyclic amines) is 1. The van der Waals surface area contributed by atoms with Gasteiger partial charge in [-0.1, -0.05) is 60.0 Å². The molecule has 0 bridgehead atoms. The maximum atomic E-state index is 13.0. The molecule has 6 rings (SSSR count). The Balaban J connectivity index is 1.36. The van der Waals surface area contributed by atoms with Gasteiger partial charge in [0.1, 0.15) is 0 Å². The molecule has 4 aliphatic rings. The smallest absolute Gasteiger partial charge is 0.225 e. The highest BCUT2D eigenvalue weighted by molar-refractivity contribution is 6.31. The minimum atomic E-state index is -0.00533. The van der Waals surface area contributed by atoms with Gasteiger partial charge in [0.15, 0.2) is 0 Å². The van der Waals surface area contributed by atoms with Crippen LogP contribution in [0.5, 0.6) is 0 Å². The summed E-state index contributed by atoms with van der Waals surface area (Å²) in [5, 5.41) is 11.4. The topological polar surface area (TPSA) is 43.8 Å². The zero-order chi connectivity index (χ0) is 24.2. The Labute approximate surface area is 213 Å². The second-order valence-corrected chi connectivity index (χ2v) is 11.6. The van der Waals surface area contributed by atoms with Gasteiger partial charge in [-0.3, -0.25) is 9.69 Å². The highest BCUT2D eigenvalue weighted by Crippen LogP contribution is 2.55. The van der Waals surface area contributed by atoms with Gasteiger partial charge in [-0.2, -0.15) is 0 Å². The number of piperidine rings is 1. The lowest BCUT2D eigenvalue weighted by atomic mass is 9.66. The predicted molar refractivity (Wildman–Crippen MR) is 140 cm³/mol. The van der Waals surface area contributed by atoms with Crippen molar-refractivity contribution >= 4 is 23.1 Å². The third kappa shape index (κ3) is 3.94. The van der Waals surface area contributed by atoms with E-state index in [1.165, 1.54) is 34.3 Å². The van der Waals surface area contributed by atoms with Crippen LogP contribution in [0, 0.1) is 18.3 Å². The lowest BCUT2D eigenvalue weighted by Crippen LogP contribution is -2.55. The van der Waals surface area contributed by atoms with E-state index in [0.29, 0.717) is 5.91 Å². The van der Waals surface area contributed by atoms with E-state index >= 15 is 0 Å². The molecule has 2 aromatic rings. The number of carbonyl (C=O) groups excluding carboxylic acids is 1. The number of hydrogen-bond acceptors (Lipinski definition) is 3. The average molecular weight is 491 g/mol. The molecule has 35 heavy (non-hydrogen) atoms. The maximum absolute atomic E-state index is 13.0. The molecule has 2 aromatic carbocycles. The molecule has 1 atom stereocenters. The monoisotopic (exact) mass is 490 g/mol. The van der Waals surface area contributed by atoms with E-state index < -0.39 is 0 Å². The minimum Gasteiger partial charge on any atom is -0.394 e. The largest absolute Gasteiger partial charge is 0.394 e. The van der Waals surface area contributed by atoms with Gasteiger partial charge in [0.05, 0.1) is 12.6 Å². The Kier molecular flexibility index (Phi) is 6.03. The maximum Gasteiger partial charge on any atom is 0.225 e. The Bertz CT molecular complexity index is 1180.